The van der Waals surface area contributed by atoms with Gasteiger partial charge in [-0.1, -0.05) is 11.6 Å². The van der Waals surface area contributed by atoms with Crippen molar-refractivity contribution in [3.8, 4) is 0 Å². The Morgan fingerprint density at radius 1 is 1.14 bits per heavy atom. The molecule has 0 radical (unpaired) electrons. The maximum Gasteiger partial charge on any atom is 0.254 e. The molecule has 2 aliphatic rings. The lowest BCUT2D eigenvalue weighted by Gasteiger charge is -2.36. The Labute approximate surface area is 131 Å². The van der Waals surface area contributed by atoms with E-state index in [4.69, 9.17) is 0 Å². The van der Waals surface area contributed by atoms with Gasteiger partial charge in [0.25, 0.3) is 5.91 Å². The van der Waals surface area contributed by atoms with Crippen LogP contribution in [0.5, 0.6) is 0 Å². The van der Waals surface area contributed by atoms with Gasteiger partial charge in [-0.05, 0) is 56.9 Å². The molecule has 22 heavy (non-hydrogen) atoms. The quantitative estimate of drug-likeness (QED) is 0.851. The Morgan fingerprint density at radius 2 is 1.73 bits per heavy atom. The summed E-state index contributed by atoms with van der Waals surface area (Å²) in [4.78, 5) is 25.9. The first kappa shape index (κ1) is 14.8. The molecule has 0 spiro atoms. The van der Waals surface area contributed by atoms with Gasteiger partial charge in [0, 0.05) is 30.3 Å². The number of carbonyl (C=O) groups excluding carboxylic acids is 2. The van der Waals surface area contributed by atoms with Crippen LogP contribution in [0.3, 0.4) is 0 Å². The predicted molar refractivity (Wildman–Crippen MR) is 86.7 cm³/mol. The molecule has 2 aliphatic heterocycles. The maximum absolute atomic E-state index is 12.8. The summed E-state index contributed by atoms with van der Waals surface area (Å²) in [5.74, 6) is 0.0176. The maximum atomic E-state index is 12.8. The summed E-state index contributed by atoms with van der Waals surface area (Å²) < 4.78 is 0. The van der Waals surface area contributed by atoms with Crippen LogP contribution in [-0.4, -0.2) is 28.8 Å². The molecule has 1 aromatic rings. The van der Waals surface area contributed by atoms with Crippen LogP contribution in [0.25, 0.3) is 0 Å². The Hall–Kier alpha value is -2.10. The minimum absolute atomic E-state index is 0.105. The van der Waals surface area contributed by atoms with Crippen molar-refractivity contribution in [1.82, 2.24) is 4.90 Å². The van der Waals surface area contributed by atoms with E-state index < -0.39 is 0 Å². The third kappa shape index (κ3) is 2.78. The van der Waals surface area contributed by atoms with E-state index in [0.717, 1.165) is 31.4 Å². The second-order valence-electron chi connectivity index (χ2n) is 6.21. The molecular weight excluding hydrogens is 276 g/mol. The molecule has 0 aliphatic carbocycles. The highest BCUT2D eigenvalue weighted by Gasteiger charge is 2.41. The van der Waals surface area contributed by atoms with Crippen LogP contribution in [0.4, 0.5) is 5.69 Å². The zero-order chi connectivity index (χ0) is 15.7. The third-order valence-electron chi connectivity index (χ3n) is 4.71. The van der Waals surface area contributed by atoms with Crippen LogP contribution in [0, 0.1) is 0 Å². The van der Waals surface area contributed by atoms with Crippen molar-refractivity contribution in [2.75, 3.05) is 5.32 Å². The lowest BCUT2D eigenvalue weighted by Crippen LogP contribution is -2.44. The van der Waals surface area contributed by atoms with Crippen LogP contribution in [0.2, 0.25) is 0 Å². The average molecular weight is 298 g/mol. The van der Waals surface area contributed by atoms with Crippen LogP contribution >= 0.6 is 0 Å². The minimum atomic E-state index is -0.105. The molecule has 0 saturated carbocycles. The number of fused-ring (bicyclic) bond motifs is 2. The molecule has 116 valence electrons. The van der Waals surface area contributed by atoms with E-state index in [1.807, 2.05) is 0 Å². The first-order valence-electron chi connectivity index (χ1n) is 7.93. The van der Waals surface area contributed by atoms with Gasteiger partial charge in [0.05, 0.1) is 0 Å². The zero-order valence-electron chi connectivity index (χ0n) is 13.1. The molecule has 2 saturated heterocycles. The molecule has 4 heteroatoms. The Balaban J connectivity index is 1.76. The highest BCUT2D eigenvalue weighted by molar-refractivity contribution is 5.96. The number of amides is 2. The van der Waals surface area contributed by atoms with Gasteiger partial charge in [-0.15, -0.1) is 0 Å². The normalized spacial score (nSPS) is 23.4. The number of hydrogen-bond donors (Lipinski definition) is 1. The van der Waals surface area contributed by atoms with E-state index in [1.54, 1.807) is 24.3 Å². The first-order valence-corrected chi connectivity index (χ1v) is 7.93. The van der Waals surface area contributed by atoms with Gasteiger partial charge in [-0.3, -0.25) is 9.59 Å². The summed E-state index contributed by atoms with van der Waals surface area (Å²) in [7, 11) is 0. The monoisotopic (exact) mass is 298 g/mol. The average Bonchev–Trinajstić information content (AvgIpc) is 2.76. The second-order valence-corrected chi connectivity index (χ2v) is 6.21. The number of piperidine rings is 1. The Bertz CT molecular complexity index is 602. The topological polar surface area (TPSA) is 49.4 Å². The van der Waals surface area contributed by atoms with E-state index in [-0.39, 0.29) is 11.8 Å². The van der Waals surface area contributed by atoms with Gasteiger partial charge in [-0.2, -0.15) is 0 Å². The molecule has 1 aromatic carbocycles. The first-order chi connectivity index (χ1) is 10.6. The highest BCUT2D eigenvalue weighted by atomic mass is 16.2. The number of nitrogens with one attached hydrogen (secondary N) is 1. The van der Waals surface area contributed by atoms with E-state index in [2.05, 4.69) is 23.2 Å². The van der Waals surface area contributed by atoms with Crippen LogP contribution < -0.4 is 5.32 Å². The summed E-state index contributed by atoms with van der Waals surface area (Å²) in [6.45, 7) is 3.57. The lowest BCUT2D eigenvalue weighted by molar-refractivity contribution is -0.114. The molecule has 2 bridgehead atoms. The number of benzene rings is 1. The molecule has 0 aromatic heterocycles. The van der Waals surface area contributed by atoms with E-state index >= 15 is 0 Å². The summed E-state index contributed by atoms with van der Waals surface area (Å²) in [5, 5.41) is 2.72. The van der Waals surface area contributed by atoms with Crippen molar-refractivity contribution >= 4 is 17.5 Å². The number of nitrogens with zero attached hydrogens (tertiary/aromatic N) is 1. The molecule has 2 heterocycles. The number of allylic oxidation sites excluding steroid dienone is 1. The summed E-state index contributed by atoms with van der Waals surface area (Å²) in [6, 6.07) is 7.89. The van der Waals surface area contributed by atoms with Gasteiger partial charge in [-0.25, -0.2) is 0 Å². The minimum Gasteiger partial charge on any atom is -0.332 e. The van der Waals surface area contributed by atoms with Crippen molar-refractivity contribution in [3.63, 3.8) is 0 Å². The SMILES string of the molecule is CC=C1CC2CCC(C1)N2C(=O)c1ccc(NC(C)=O)cc1. The van der Waals surface area contributed by atoms with Gasteiger partial charge < -0.3 is 10.2 Å². The van der Waals surface area contributed by atoms with Gasteiger partial charge in [0.2, 0.25) is 5.91 Å². The summed E-state index contributed by atoms with van der Waals surface area (Å²) in [5.41, 5.74) is 2.91. The fourth-order valence-electron chi connectivity index (χ4n) is 3.67. The molecule has 1 N–H and O–H groups in total. The van der Waals surface area contributed by atoms with Gasteiger partial charge >= 0.3 is 0 Å². The number of rotatable bonds is 2. The summed E-state index contributed by atoms with van der Waals surface area (Å²) >= 11 is 0. The second kappa shape index (κ2) is 5.95. The fraction of sp³-hybridized carbons (Fsp3) is 0.444. The fourth-order valence-corrected chi connectivity index (χ4v) is 3.67. The molecular formula is C18H22N2O2. The van der Waals surface area contributed by atoms with Gasteiger partial charge in [0.15, 0.2) is 0 Å². The summed E-state index contributed by atoms with van der Waals surface area (Å²) in [6.07, 6.45) is 6.45. The Morgan fingerprint density at radius 3 is 2.23 bits per heavy atom. The highest BCUT2D eigenvalue weighted by Crippen LogP contribution is 2.39. The number of carbonyl (C=O) groups is 2. The molecule has 2 unspecified atom stereocenters. The van der Waals surface area contributed by atoms with Gasteiger partial charge in [0.1, 0.15) is 0 Å². The smallest absolute Gasteiger partial charge is 0.254 e. The lowest BCUT2D eigenvalue weighted by atomic mass is 9.95. The predicted octanol–water partition coefficient (Wildman–Crippen LogP) is 3.36. The van der Waals surface area contributed by atoms with Crippen LogP contribution in [0.15, 0.2) is 35.9 Å². The molecule has 4 nitrogen and oxygen atoms in total. The largest absolute Gasteiger partial charge is 0.332 e. The standard InChI is InChI=1S/C18H22N2O2/c1-3-13-10-16-8-9-17(11-13)20(16)18(22)14-4-6-15(7-5-14)19-12(2)21/h3-7,16-17H,8-11H2,1-2H3,(H,19,21). The van der Waals surface area contributed by atoms with Crippen LogP contribution in [-0.2, 0) is 4.79 Å². The van der Waals surface area contributed by atoms with E-state index in [9.17, 15) is 9.59 Å². The molecule has 2 fully saturated rings. The van der Waals surface area contributed by atoms with Crippen molar-refractivity contribution in [3.05, 3.63) is 41.5 Å². The zero-order valence-corrected chi connectivity index (χ0v) is 13.1. The Kier molecular flexibility index (Phi) is 4.01. The van der Waals surface area contributed by atoms with E-state index in [1.165, 1.54) is 12.5 Å². The molecule has 3 rings (SSSR count). The van der Waals surface area contributed by atoms with Crippen molar-refractivity contribution < 1.29 is 9.59 Å². The number of hydrogen-bond acceptors (Lipinski definition) is 2. The van der Waals surface area contributed by atoms with Crippen LogP contribution in [0.1, 0.15) is 49.9 Å². The van der Waals surface area contributed by atoms with Crippen molar-refractivity contribution in [2.24, 2.45) is 0 Å². The van der Waals surface area contributed by atoms with Crippen molar-refractivity contribution in [1.29, 1.82) is 0 Å². The third-order valence-corrected chi connectivity index (χ3v) is 4.71. The van der Waals surface area contributed by atoms with E-state index in [0.29, 0.717) is 17.6 Å². The number of anilines is 1. The molecule has 2 atom stereocenters. The van der Waals surface area contributed by atoms with Crippen molar-refractivity contribution in [2.45, 2.75) is 51.6 Å². The molecule has 2 amide bonds.